The highest BCUT2D eigenvalue weighted by Crippen LogP contribution is 2.22. The molecule has 2 aromatic carbocycles. The van der Waals surface area contributed by atoms with Gasteiger partial charge in [-0.2, -0.15) is 0 Å². The molecule has 0 saturated carbocycles. The smallest absolute Gasteiger partial charge is 0.231 e. The number of nitrogens with one attached hydrogen (secondary N) is 1. The summed E-state index contributed by atoms with van der Waals surface area (Å²) in [6.07, 6.45) is 0.625. The van der Waals surface area contributed by atoms with Crippen molar-refractivity contribution in [2.45, 2.75) is 19.3 Å². The summed E-state index contributed by atoms with van der Waals surface area (Å²) in [6, 6.07) is 12.7. The molecule has 2 rings (SSSR count). The van der Waals surface area contributed by atoms with Crippen LogP contribution in [0.5, 0.6) is 0 Å². The number of hydrogen-bond acceptors (Lipinski definition) is 1. The molecule has 0 bridgehead atoms. The topological polar surface area (TPSA) is 29.1 Å². The third-order valence-electron chi connectivity index (χ3n) is 3.11. The Labute approximate surface area is 116 Å². The fraction of sp³-hybridized carbons (Fsp3) is 0.188. The standard InChI is InChI=1S/C16H15F2NO/c1-2-13(11-6-4-3-5-7-11)16(20)19-12-8-9-14(17)15(18)10-12/h3-10,13H,2H2,1H3,(H,19,20)/t13-/m0/s1. The van der Waals surface area contributed by atoms with Gasteiger partial charge in [-0.05, 0) is 24.1 Å². The van der Waals surface area contributed by atoms with E-state index in [4.69, 9.17) is 0 Å². The zero-order valence-corrected chi connectivity index (χ0v) is 11.1. The number of benzene rings is 2. The van der Waals surface area contributed by atoms with E-state index in [1.807, 2.05) is 37.3 Å². The molecule has 0 aliphatic rings. The van der Waals surface area contributed by atoms with Gasteiger partial charge in [-0.25, -0.2) is 8.78 Å². The molecule has 0 fully saturated rings. The molecular weight excluding hydrogens is 260 g/mol. The fourth-order valence-corrected chi connectivity index (χ4v) is 2.06. The summed E-state index contributed by atoms with van der Waals surface area (Å²) >= 11 is 0. The number of rotatable bonds is 4. The Balaban J connectivity index is 2.15. The quantitative estimate of drug-likeness (QED) is 0.894. The second kappa shape index (κ2) is 6.28. The van der Waals surface area contributed by atoms with Gasteiger partial charge in [0, 0.05) is 11.8 Å². The summed E-state index contributed by atoms with van der Waals surface area (Å²) in [5.74, 6) is -2.46. The molecule has 20 heavy (non-hydrogen) atoms. The molecule has 0 spiro atoms. The SMILES string of the molecule is CC[C@H](C(=O)Nc1ccc(F)c(F)c1)c1ccccc1. The van der Waals surface area contributed by atoms with Gasteiger partial charge in [0.1, 0.15) is 0 Å². The van der Waals surface area contributed by atoms with Crippen molar-refractivity contribution in [1.82, 2.24) is 0 Å². The average Bonchev–Trinajstić information content (AvgIpc) is 2.45. The van der Waals surface area contributed by atoms with Crippen molar-refractivity contribution in [3.8, 4) is 0 Å². The number of anilines is 1. The van der Waals surface area contributed by atoms with Crippen LogP contribution in [-0.4, -0.2) is 5.91 Å². The fourth-order valence-electron chi connectivity index (χ4n) is 2.06. The van der Waals surface area contributed by atoms with E-state index >= 15 is 0 Å². The zero-order chi connectivity index (χ0) is 14.5. The van der Waals surface area contributed by atoms with Gasteiger partial charge in [0.25, 0.3) is 0 Å². The van der Waals surface area contributed by atoms with Crippen LogP contribution in [0, 0.1) is 11.6 Å². The first-order chi connectivity index (χ1) is 9.61. The van der Waals surface area contributed by atoms with E-state index in [9.17, 15) is 13.6 Å². The number of hydrogen-bond donors (Lipinski definition) is 1. The maximum atomic E-state index is 13.1. The van der Waals surface area contributed by atoms with Gasteiger partial charge >= 0.3 is 0 Å². The number of carbonyl (C=O) groups excluding carboxylic acids is 1. The molecule has 0 radical (unpaired) electrons. The molecule has 1 atom stereocenters. The predicted molar refractivity (Wildman–Crippen MR) is 74.5 cm³/mol. The minimum Gasteiger partial charge on any atom is -0.325 e. The maximum absolute atomic E-state index is 13.1. The molecule has 4 heteroatoms. The Morgan fingerprint density at radius 2 is 1.80 bits per heavy atom. The van der Waals surface area contributed by atoms with Crippen LogP contribution in [0.1, 0.15) is 24.8 Å². The van der Waals surface area contributed by atoms with E-state index < -0.39 is 11.6 Å². The van der Waals surface area contributed by atoms with E-state index in [-0.39, 0.29) is 17.5 Å². The van der Waals surface area contributed by atoms with Crippen LogP contribution < -0.4 is 5.32 Å². The van der Waals surface area contributed by atoms with Gasteiger partial charge in [0.15, 0.2) is 11.6 Å². The average molecular weight is 275 g/mol. The second-order valence-corrected chi connectivity index (χ2v) is 4.49. The van der Waals surface area contributed by atoms with E-state index in [1.54, 1.807) is 0 Å². The number of halogens is 2. The number of carbonyl (C=O) groups is 1. The van der Waals surface area contributed by atoms with Gasteiger partial charge in [0.05, 0.1) is 5.92 Å². The van der Waals surface area contributed by atoms with Crippen molar-refractivity contribution in [2.75, 3.05) is 5.32 Å². The largest absolute Gasteiger partial charge is 0.325 e. The van der Waals surface area contributed by atoms with E-state index in [0.717, 1.165) is 17.7 Å². The minimum absolute atomic E-state index is 0.232. The highest BCUT2D eigenvalue weighted by Gasteiger charge is 2.18. The molecule has 1 amide bonds. The first-order valence-electron chi connectivity index (χ1n) is 6.42. The molecule has 0 aliphatic carbocycles. The lowest BCUT2D eigenvalue weighted by molar-refractivity contribution is -0.117. The van der Waals surface area contributed by atoms with Crippen molar-refractivity contribution >= 4 is 11.6 Å². The molecule has 0 aromatic heterocycles. The Morgan fingerprint density at radius 3 is 2.40 bits per heavy atom. The predicted octanol–water partition coefficient (Wildman–Crippen LogP) is 4.10. The first-order valence-corrected chi connectivity index (χ1v) is 6.42. The van der Waals surface area contributed by atoms with Crippen LogP contribution in [-0.2, 0) is 4.79 Å². The summed E-state index contributed by atoms with van der Waals surface area (Å²) in [5.41, 5.74) is 1.15. The van der Waals surface area contributed by atoms with Crippen LogP contribution in [0.15, 0.2) is 48.5 Å². The Morgan fingerprint density at radius 1 is 1.10 bits per heavy atom. The third-order valence-corrected chi connectivity index (χ3v) is 3.11. The maximum Gasteiger partial charge on any atom is 0.231 e. The lowest BCUT2D eigenvalue weighted by Gasteiger charge is -2.15. The molecule has 0 unspecified atom stereocenters. The molecular formula is C16H15F2NO. The van der Waals surface area contributed by atoms with E-state index in [0.29, 0.717) is 6.42 Å². The van der Waals surface area contributed by atoms with Gasteiger partial charge in [-0.15, -0.1) is 0 Å². The zero-order valence-electron chi connectivity index (χ0n) is 11.1. The van der Waals surface area contributed by atoms with Crippen molar-refractivity contribution in [3.05, 3.63) is 65.7 Å². The van der Waals surface area contributed by atoms with Crippen LogP contribution in [0.4, 0.5) is 14.5 Å². The van der Waals surface area contributed by atoms with Gasteiger partial charge < -0.3 is 5.32 Å². The molecule has 0 saturated heterocycles. The molecule has 0 aliphatic heterocycles. The van der Waals surface area contributed by atoms with Crippen molar-refractivity contribution in [1.29, 1.82) is 0 Å². The third kappa shape index (κ3) is 3.20. The first kappa shape index (κ1) is 14.2. The highest BCUT2D eigenvalue weighted by molar-refractivity contribution is 5.95. The normalized spacial score (nSPS) is 11.9. The van der Waals surface area contributed by atoms with Gasteiger partial charge in [-0.1, -0.05) is 37.3 Å². The van der Waals surface area contributed by atoms with Crippen LogP contribution >= 0.6 is 0 Å². The minimum atomic E-state index is -0.976. The lowest BCUT2D eigenvalue weighted by Crippen LogP contribution is -2.20. The van der Waals surface area contributed by atoms with Crippen molar-refractivity contribution in [2.24, 2.45) is 0 Å². The van der Waals surface area contributed by atoms with Crippen molar-refractivity contribution < 1.29 is 13.6 Å². The molecule has 104 valence electrons. The monoisotopic (exact) mass is 275 g/mol. The summed E-state index contributed by atoms with van der Waals surface area (Å²) in [4.78, 5) is 12.2. The van der Waals surface area contributed by atoms with Gasteiger partial charge in [0.2, 0.25) is 5.91 Å². The number of amides is 1. The van der Waals surface area contributed by atoms with Crippen LogP contribution in [0.2, 0.25) is 0 Å². The van der Waals surface area contributed by atoms with Crippen LogP contribution in [0.3, 0.4) is 0 Å². The molecule has 1 N–H and O–H groups in total. The summed E-state index contributed by atoms with van der Waals surface area (Å²) in [7, 11) is 0. The summed E-state index contributed by atoms with van der Waals surface area (Å²) < 4.78 is 25.9. The Kier molecular flexibility index (Phi) is 4.45. The summed E-state index contributed by atoms with van der Waals surface area (Å²) in [6.45, 7) is 1.91. The Bertz CT molecular complexity index is 599. The van der Waals surface area contributed by atoms with E-state index in [1.165, 1.54) is 6.07 Å². The van der Waals surface area contributed by atoms with Crippen LogP contribution in [0.25, 0.3) is 0 Å². The van der Waals surface area contributed by atoms with E-state index in [2.05, 4.69) is 5.32 Å². The summed E-state index contributed by atoms with van der Waals surface area (Å²) in [5, 5.41) is 2.61. The second-order valence-electron chi connectivity index (χ2n) is 4.49. The lowest BCUT2D eigenvalue weighted by atomic mass is 9.95. The van der Waals surface area contributed by atoms with Crippen molar-refractivity contribution in [3.63, 3.8) is 0 Å². The molecule has 2 aromatic rings. The Hall–Kier alpha value is -2.23. The molecule has 2 nitrogen and oxygen atoms in total. The highest BCUT2D eigenvalue weighted by atomic mass is 19.2. The van der Waals surface area contributed by atoms with Gasteiger partial charge in [-0.3, -0.25) is 4.79 Å². The molecule has 0 heterocycles.